The Morgan fingerprint density at radius 1 is 1.25 bits per heavy atom. The lowest BCUT2D eigenvalue weighted by Gasteiger charge is -2.28. The van der Waals surface area contributed by atoms with Crippen LogP contribution in [0.2, 0.25) is 0 Å². The molecule has 0 aliphatic carbocycles. The maximum Gasteiger partial charge on any atom is 0.145 e. The molecular weight excluding hydrogens is 250 g/mol. The molecule has 1 fully saturated rings. The number of anilines is 1. The molecule has 5 nitrogen and oxygen atoms in total. The van der Waals surface area contributed by atoms with E-state index >= 15 is 0 Å². The third kappa shape index (κ3) is 2.56. The fourth-order valence-electron chi connectivity index (χ4n) is 2.64. The summed E-state index contributed by atoms with van der Waals surface area (Å²) < 4.78 is 0. The molecule has 1 saturated heterocycles. The number of hydrogen-bond acceptors (Lipinski definition) is 5. The first-order valence-electron chi connectivity index (χ1n) is 6.89. The number of aromatic nitrogens is 2. The fraction of sp³-hybridized carbons (Fsp3) is 0.400. The normalized spacial score (nSPS) is 17.1. The quantitative estimate of drug-likeness (QED) is 0.899. The van der Waals surface area contributed by atoms with Gasteiger partial charge in [0, 0.05) is 11.3 Å². The Hall–Kier alpha value is -2.19. The molecule has 5 heteroatoms. The number of piperidine rings is 1. The molecule has 20 heavy (non-hydrogen) atoms. The predicted molar refractivity (Wildman–Crippen MR) is 77.6 cm³/mol. The minimum absolute atomic E-state index is 0.203. The van der Waals surface area contributed by atoms with Crippen LogP contribution in [0.3, 0.4) is 0 Å². The zero-order chi connectivity index (χ0) is 13.9. The van der Waals surface area contributed by atoms with Crippen molar-refractivity contribution in [1.29, 1.82) is 5.26 Å². The zero-order valence-corrected chi connectivity index (χ0v) is 11.3. The number of hydrogen-bond donors (Lipinski definition) is 1. The van der Waals surface area contributed by atoms with Gasteiger partial charge in [-0.25, -0.2) is 9.97 Å². The summed E-state index contributed by atoms with van der Waals surface area (Å²) in [6, 6.07) is 10.1. The maximum absolute atomic E-state index is 8.91. The minimum Gasteiger partial charge on any atom is -0.383 e. The van der Waals surface area contributed by atoms with Crippen molar-refractivity contribution in [2.24, 2.45) is 5.92 Å². The third-order valence-electron chi connectivity index (χ3n) is 3.81. The van der Waals surface area contributed by atoms with Gasteiger partial charge in [-0.3, -0.25) is 4.90 Å². The standard InChI is InChI=1S/C15H17N5/c16-9-11-5-7-20(8-6-11)10-14-18-13-4-2-1-3-12(13)15(17)19-14/h1-4,11H,5-8,10H2,(H2,17,18,19). The lowest BCUT2D eigenvalue weighted by molar-refractivity contribution is 0.194. The number of nitrogens with two attached hydrogens (primary N) is 1. The Labute approximate surface area is 118 Å². The lowest BCUT2D eigenvalue weighted by atomic mass is 9.99. The van der Waals surface area contributed by atoms with E-state index in [1.807, 2.05) is 24.3 Å². The molecule has 1 aliphatic rings. The van der Waals surface area contributed by atoms with E-state index in [9.17, 15) is 0 Å². The molecule has 0 spiro atoms. The highest BCUT2D eigenvalue weighted by Crippen LogP contribution is 2.20. The van der Waals surface area contributed by atoms with Crippen LogP contribution in [0.1, 0.15) is 18.7 Å². The van der Waals surface area contributed by atoms with Crippen molar-refractivity contribution in [3.63, 3.8) is 0 Å². The summed E-state index contributed by atoms with van der Waals surface area (Å²) in [4.78, 5) is 11.3. The van der Waals surface area contributed by atoms with Crippen LogP contribution in [0.25, 0.3) is 10.9 Å². The molecule has 2 aromatic rings. The fourth-order valence-corrected chi connectivity index (χ4v) is 2.64. The van der Waals surface area contributed by atoms with Crippen molar-refractivity contribution in [1.82, 2.24) is 14.9 Å². The highest BCUT2D eigenvalue weighted by molar-refractivity contribution is 5.87. The summed E-state index contributed by atoms with van der Waals surface area (Å²) in [7, 11) is 0. The second-order valence-corrected chi connectivity index (χ2v) is 5.22. The van der Waals surface area contributed by atoms with Gasteiger partial charge in [-0.2, -0.15) is 5.26 Å². The number of benzene rings is 1. The zero-order valence-electron chi connectivity index (χ0n) is 11.3. The number of nitriles is 1. The summed E-state index contributed by atoms with van der Waals surface area (Å²) >= 11 is 0. The summed E-state index contributed by atoms with van der Waals surface area (Å²) in [5.41, 5.74) is 6.88. The molecule has 1 aromatic heterocycles. The predicted octanol–water partition coefficient (Wildman–Crippen LogP) is 1.95. The molecule has 0 atom stereocenters. The highest BCUT2D eigenvalue weighted by atomic mass is 15.2. The molecule has 0 bridgehead atoms. The molecule has 102 valence electrons. The number of nitrogens with zero attached hydrogens (tertiary/aromatic N) is 4. The van der Waals surface area contributed by atoms with Crippen molar-refractivity contribution in [3.8, 4) is 6.07 Å². The van der Waals surface area contributed by atoms with Crippen molar-refractivity contribution in [2.45, 2.75) is 19.4 Å². The van der Waals surface area contributed by atoms with Crippen molar-refractivity contribution in [3.05, 3.63) is 30.1 Å². The molecule has 0 saturated carbocycles. The minimum atomic E-state index is 0.203. The smallest absolute Gasteiger partial charge is 0.145 e. The van der Waals surface area contributed by atoms with Gasteiger partial charge in [0.25, 0.3) is 0 Å². The van der Waals surface area contributed by atoms with E-state index in [1.165, 1.54) is 0 Å². The molecule has 2 N–H and O–H groups in total. The average Bonchev–Trinajstić information content (AvgIpc) is 2.48. The van der Waals surface area contributed by atoms with Gasteiger partial charge in [-0.1, -0.05) is 12.1 Å². The molecule has 0 amide bonds. The highest BCUT2D eigenvalue weighted by Gasteiger charge is 2.19. The first-order chi connectivity index (χ1) is 9.76. The van der Waals surface area contributed by atoms with E-state index in [2.05, 4.69) is 20.9 Å². The van der Waals surface area contributed by atoms with Gasteiger partial charge in [-0.05, 0) is 38.1 Å². The van der Waals surface area contributed by atoms with Gasteiger partial charge in [0.1, 0.15) is 11.6 Å². The van der Waals surface area contributed by atoms with Gasteiger partial charge in [0.2, 0.25) is 0 Å². The molecule has 0 unspecified atom stereocenters. The lowest BCUT2D eigenvalue weighted by Crippen LogP contribution is -2.33. The Morgan fingerprint density at radius 3 is 2.75 bits per heavy atom. The van der Waals surface area contributed by atoms with Gasteiger partial charge < -0.3 is 5.73 Å². The van der Waals surface area contributed by atoms with Crippen molar-refractivity contribution < 1.29 is 0 Å². The second-order valence-electron chi connectivity index (χ2n) is 5.22. The summed E-state index contributed by atoms with van der Waals surface area (Å²) in [6.45, 7) is 2.55. The first kappa shape index (κ1) is 12.8. The van der Waals surface area contributed by atoms with E-state index < -0.39 is 0 Å². The monoisotopic (exact) mass is 267 g/mol. The van der Waals surface area contributed by atoms with E-state index in [0.29, 0.717) is 12.4 Å². The van der Waals surface area contributed by atoms with Crippen LogP contribution < -0.4 is 5.73 Å². The van der Waals surface area contributed by atoms with E-state index in [-0.39, 0.29) is 5.92 Å². The maximum atomic E-state index is 8.91. The number of fused-ring (bicyclic) bond motifs is 1. The van der Waals surface area contributed by atoms with Crippen LogP contribution in [0.4, 0.5) is 5.82 Å². The Bertz CT molecular complexity index is 653. The summed E-state index contributed by atoms with van der Waals surface area (Å²) in [5, 5.41) is 9.81. The third-order valence-corrected chi connectivity index (χ3v) is 3.81. The molecule has 1 aromatic carbocycles. The topological polar surface area (TPSA) is 78.8 Å². The molecule has 1 aliphatic heterocycles. The second kappa shape index (κ2) is 5.43. The van der Waals surface area contributed by atoms with Gasteiger partial charge in [0.05, 0.1) is 18.1 Å². The average molecular weight is 267 g/mol. The van der Waals surface area contributed by atoms with Crippen LogP contribution >= 0.6 is 0 Å². The largest absolute Gasteiger partial charge is 0.383 e. The molecule has 2 heterocycles. The Kier molecular flexibility index (Phi) is 3.48. The number of nitrogen functional groups attached to an aromatic ring is 1. The molecule has 0 radical (unpaired) electrons. The van der Waals surface area contributed by atoms with E-state index in [1.54, 1.807) is 0 Å². The number of rotatable bonds is 2. The Balaban J connectivity index is 1.77. The van der Waals surface area contributed by atoms with Crippen LogP contribution in [0, 0.1) is 17.2 Å². The first-order valence-corrected chi connectivity index (χ1v) is 6.89. The van der Waals surface area contributed by atoms with Crippen LogP contribution in [0.5, 0.6) is 0 Å². The number of likely N-dealkylation sites (tertiary alicyclic amines) is 1. The number of para-hydroxylation sites is 1. The summed E-state index contributed by atoms with van der Waals surface area (Å²) in [6.07, 6.45) is 1.86. The summed E-state index contributed by atoms with van der Waals surface area (Å²) in [5.74, 6) is 1.50. The van der Waals surface area contributed by atoms with Gasteiger partial charge in [0.15, 0.2) is 0 Å². The van der Waals surface area contributed by atoms with Crippen LogP contribution in [-0.2, 0) is 6.54 Å². The van der Waals surface area contributed by atoms with E-state index in [0.717, 1.165) is 42.7 Å². The van der Waals surface area contributed by atoms with Crippen molar-refractivity contribution in [2.75, 3.05) is 18.8 Å². The van der Waals surface area contributed by atoms with Crippen molar-refractivity contribution >= 4 is 16.7 Å². The molecule has 3 rings (SSSR count). The van der Waals surface area contributed by atoms with Gasteiger partial charge >= 0.3 is 0 Å². The van der Waals surface area contributed by atoms with Crippen LogP contribution in [-0.4, -0.2) is 28.0 Å². The van der Waals surface area contributed by atoms with E-state index in [4.69, 9.17) is 11.0 Å². The van der Waals surface area contributed by atoms with Gasteiger partial charge in [-0.15, -0.1) is 0 Å². The Morgan fingerprint density at radius 2 is 2.00 bits per heavy atom. The molecular formula is C15H17N5. The van der Waals surface area contributed by atoms with Crippen LogP contribution in [0.15, 0.2) is 24.3 Å². The SMILES string of the molecule is N#CC1CCN(Cc2nc(N)c3ccccc3n2)CC1.